The third-order valence-corrected chi connectivity index (χ3v) is 9.03. The van der Waals surface area contributed by atoms with E-state index in [1.807, 2.05) is 0 Å². The maximum atomic E-state index is 13.1. The van der Waals surface area contributed by atoms with Gasteiger partial charge >= 0.3 is 17.9 Å². The van der Waals surface area contributed by atoms with E-state index >= 15 is 0 Å². The molecule has 0 amide bonds. The van der Waals surface area contributed by atoms with Crippen LogP contribution in [-0.4, -0.2) is 52.9 Å². The Morgan fingerprint density at radius 1 is 1.10 bits per heavy atom. The van der Waals surface area contributed by atoms with Crippen LogP contribution >= 0.6 is 0 Å². The Hall–Kier alpha value is -3.43. The number of aliphatic hydroxyl groups excluding tert-OH is 1. The van der Waals surface area contributed by atoms with Crippen molar-refractivity contribution in [3.8, 4) is 5.75 Å². The summed E-state index contributed by atoms with van der Waals surface area (Å²) in [7, 11) is 0. The Morgan fingerprint density at radius 2 is 1.75 bits per heavy atom. The highest BCUT2D eigenvalue weighted by atomic mass is 16.8. The zero-order valence-corrected chi connectivity index (χ0v) is 23.4. The smallest absolute Gasteiger partial charge is 0.338 e. The third-order valence-electron chi connectivity index (χ3n) is 9.03. The Bertz CT molecular complexity index is 1220. The molecule has 2 aliphatic carbocycles. The van der Waals surface area contributed by atoms with E-state index in [2.05, 4.69) is 27.0 Å². The quantitative estimate of drug-likeness (QED) is 0.205. The Balaban J connectivity index is 1.84. The fraction of sp³-hybridized carbons (Fsp3) is 0.516. The summed E-state index contributed by atoms with van der Waals surface area (Å²) >= 11 is 0. The van der Waals surface area contributed by atoms with Crippen molar-refractivity contribution in [2.75, 3.05) is 0 Å². The first-order chi connectivity index (χ1) is 18.8. The van der Waals surface area contributed by atoms with Crippen molar-refractivity contribution in [1.29, 1.82) is 0 Å². The molecule has 1 heterocycles. The minimum atomic E-state index is -1.24. The molecule has 9 nitrogen and oxygen atoms in total. The first-order valence-corrected chi connectivity index (χ1v) is 13.5. The molecule has 9 heteroatoms. The third kappa shape index (κ3) is 5.20. The lowest BCUT2D eigenvalue weighted by Gasteiger charge is -2.60. The van der Waals surface area contributed by atoms with Gasteiger partial charge in [0.15, 0.2) is 0 Å². The highest BCUT2D eigenvalue weighted by molar-refractivity contribution is 5.89. The standard InChI is InChI=1S/C31H38O9/c1-7-17(2)12-13-30(6)18(3)14-26(35)31-24(28(37-19(4)32)40-29(31)38-20(5)33)15-23(16-25(30)31)39-27(36)21-8-10-22(34)11-9-21/h7-11,15,18,23,25-26,28-29,34-35H,1-2,12-14,16H2,3-6H3/t18-,23-,25+,26+,28+,29-,30-,31+/m1/s1. The van der Waals surface area contributed by atoms with Crippen LogP contribution in [0, 0.1) is 22.7 Å². The van der Waals surface area contributed by atoms with Crippen LogP contribution in [0.15, 0.2) is 60.7 Å². The van der Waals surface area contributed by atoms with Gasteiger partial charge in [-0.1, -0.05) is 38.7 Å². The van der Waals surface area contributed by atoms with Crippen LogP contribution in [0.1, 0.15) is 63.7 Å². The van der Waals surface area contributed by atoms with Crippen LogP contribution in [0.2, 0.25) is 0 Å². The lowest BCUT2D eigenvalue weighted by molar-refractivity contribution is -0.254. The number of phenolic OH excluding ortho intramolecular Hbond substituents is 1. The summed E-state index contributed by atoms with van der Waals surface area (Å²) in [5, 5.41) is 21.4. The van der Waals surface area contributed by atoms with E-state index in [0.717, 1.165) is 5.57 Å². The highest BCUT2D eigenvalue weighted by Gasteiger charge is 2.71. The second-order valence-electron chi connectivity index (χ2n) is 11.4. The summed E-state index contributed by atoms with van der Waals surface area (Å²) in [5.74, 6) is -2.18. The number of aliphatic hydroxyl groups is 1. The molecule has 1 aromatic rings. The van der Waals surface area contributed by atoms with E-state index in [1.165, 1.54) is 38.1 Å². The Kier molecular flexibility index (Phi) is 8.28. The molecule has 2 fully saturated rings. The first-order valence-electron chi connectivity index (χ1n) is 13.5. The first kappa shape index (κ1) is 29.6. The summed E-state index contributed by atoms with van der Waals surface area (Å²) in [6.45, 7) is 14.6. The molecule has 0 radical (unpaired) electrons. The van der Waals surface area contributed by atoms with Gasteiger partial charge in [-0.25, -0.2) is 4.79 Å². The van der Waals surface area contributed by atoms with Gasteiger partial charge in [0.1, 0.15) is 11.9 Å². The molecule has 0 aromatic heterocycles. The zero-order chi connectivity index (χ0) is 29.4. The van der Waals surface area contributed by atoms with Crippen molar-refractivity contribution >= 4 is 17.9 Å². The van der Waals surface area contributed by atoms with E-state index < -0.39 is 59.4 Å². The summed E-state index contributed by atoms with van der Waals surface area (Å²) in [5.41, 5.74) is -0.147. The van der Waals surface area contributed by atoms with Gasteiger partial charge in [0.25, 0.3) is 0 Å². The molecule has 1 saturated carbocycles. The number of aromatic hydroxyl groups is 1. The molecule has 4 rings (SSSR count). The van der Waals surface area contributed by atoms with Crippen molar-refractivity contribution in [3.05, 3.63) is 66.3 Å². The predicted molar refractivity (Wildman–Crippen MR) is 145 cm³/mol. The van der Waals surface area contributed by atoms with Crippen LogP contribution in [0.4, 0.5) is 0 Å². The fourth-order valence-electron chi connectivity index (χ4n) is 6.82. The monoisotopic (exact) mass is 554 g/mol. The second-order valence-corrected chi connectivity index (χ2v) is 11.4. The van der Waals surface area contributed by atoms with Crippen LogP contribution in [0.5, 0.6) is 5.75 Å². The summed E-state index contributed by atoms with van der Waals surface area (Å²) in [6.07, 6.45) is 1.18. The van der Waals surface area contributed by atoms with Crippen LogP contribution in [-0.2, 0) is 28.5 Å². The molecular formula is C31H38O9. The SMILES string of the molecule is C=CC(=C)CC[C@]1(C)[C@H](C)C[C@H](O)[C@]23C(=C[C@@H](OC(=O)c4ccc(O)cc4)C[C@@H]12)[C@@H](OC(C)=O)O[C@H]3OC(C)=O. The van der Waals surface area contributed by atoms with E-state index in [-0.39, 0.29) is 17.2 Å². The number of rotatable bonds is 8. The number of allylic oxidation sites excluding steroid dienone is 2. The van der Waals surface area contributed by atoms with Crippen LogP contribution in [0.3, 0.4) is 0 Å². The number of phenols is 1. The number of hydrogen-bond acceptors (Lipinski definition) is 9. The number of carbonyl (C=O) groups is 3. The molecule has 1 aromatic carbocycles. The fourth-order valence-corrected chi connectivity index (χ4v) is 6.82. The van der Waals surface area contributed by atoms with Gasteiger partial charge in [-0.2, -0.15) is 0 Å². The Morgan fingerprint density at radius 3 is 2.35 bits per heavy atom. The molecule has 40 heavy (non-hydrogen) atoms. The zero-order valence-electron chi connectivity index (χ0n) is 23.4. The maximum Gasteiger partial charge on any atom is 0.338 e. The largest absolute Gasteiger partial charge is 0.508 e. The average Bonchev–Trinajstić information content (AvgIpc) is 3.18. The molecule has 0 unspecified atom stereocenters. The van der Waals surface area contributed by atoms with E-state index in [0.29, 0.717) is 31.3 Å². The van der Waals surface area contributed by atoms with Crippen molar-refractivity contribution in [2.24, 2.45) is 22.7 Å². The van der Waals surface area contributed by atoms with Crippen molar-refractivity contribution in [3.63, 3.8) is 0 Å². The molecular weight excluding hydrogens is 516 g/mol. The minimum Gasteiger partial charge on any atom is -0.508 e. The number of esters is 3. The average molecular weight is 555 g/mol. The maximum absolute atomic E-state index is 13.1. The van der Waals surface area contributed by atoms with Gasteiger partial charge in [0.05, 0.1) is 17.1 Å². The second kappa shape index (κ2) is 11.2. The lowest BCUT2D eigenvalue weighted by Crippen LogP contribution is -2.63. The molecule has 0 bridgehead atoms. The van der Waals surface area contributed by atoms with Crippen LogP contribution < -0.4 is 0 Å². The molecule has 1 spiro atoms. The van der Waals surface area contributed by atoms with Crippen LogP contribution in [0.25, 0.3) is 0 Å². The topological polar surface area (TPSA) is 129 Å². The van der Waals surface area contributed by atoms with E-state index in [1.54, 1.807) is 12.2 Å². The minimum absolute atomic E-state index is 0.0204. The molecule has 1 saturated heterocycles. The van der Waals surface area contributed by atoms with Gasteiger partial charge in [-0.05, 0) is 73.3 Å². The summed E-state index contributed by atoms with van der Waals surface area (Å²) in [6, 6.07) is 5.72. The van der Waals surface area contributed by atoms with Gasteiger partial charge in [-0.15, -0.1) is 0 Å². The molecule has 1 aliphatic heterocycles. The highest BCUT2D eigenvalue weighted by Crippen LogP contribution is 2.67. The lowest BCUT2D eigenvalue weighted by atomic mass is 9.45. The van der Waals surface area contributed by atoms with E-state index in [9.17, 15) is 24.6 Å². The number of ether oxygens (including phenoxy) is 4. The normalized spacial score (nSPS) is 34.5. The Labute approximate surface area is 234 Å². The van der Waals surface area contributed by atoms with Crippen molar-refractivity contribution < 1.29 is 43.5 Å². The summed E-state index contributed by atoms with van der Waals surface area (Å²) in [4.78, 5) is 37.4. The molecule has 2 N–H and O–H groups in total. The van der Waals surface area contributed by atoms with Crippen molar-refractivity contribution in [2.45, 2.75) is 78.2 Å². The predicted octanol–water partition coefficient (Wildman–Crippen LogP) is 4.59. The number of benzene rings is 1. The van der Waals surface area contributed by atoms with Crippen molar-refractivity contribution in [1.82, 2.24) is 0 Å². The van der Waals surface area contributed by atoms with Gasteiger partial charge < -0.3 is 24.4 Å². The van der Waals surface area contributed by atoms with Gasteiger partial charge in [0, 0.05) is 19.4 Å². The molecule has 216 valence electrons. The number of hydrogen-bond donors (Lipinski definition) is 2. The molecule has 8 atom stereocenters. The van der Waals surface area contributed by atoms with Gasteiger partial charge in [0.2, 0.25) is 12.6 Å². The van der Waals surface area contributed by atoms with E-state index in [4.69, 9.17) is 18.9 Å². The number of carbonyl (C=O) groups excluding carboxylic acids is 3. The van der Waals surface area contributed by atoms with Gasteiger partial charge in [-0.3, -0.25) is 14.3 Å². The molecule has 3 aliphatic rings. The summed E-state index contributed by atoms with van der Waals surface area (Å²) < 4.78 is 23.2.